The molecule has 0 unspecified atom stereocenters. The SMILES string of the molecule is Cc1ccc(C(=O)C(=O)C=Cc2ccccc2)cc1. The molecule has 0 amide bonds. The molecule has 19 heavy (non-hydrogen) atoms. The molecule has 94 valence electrons. The Bertz CT molecular complexity index is 607. The number of hydrogen-bond acceptors (Lipinski definition) is 2. The van der Waals surface area contributed by atoms with E-state index in [-0.39, 0.29) is 0 Å². The molecular formula is C17H14O2. The van der Waals surface area contributed by atoms with Crippen molar-refractivity contribution in [1.82, 2.24) is 0 Å². The van der Waals surface area contributed by atoms with E-state index in [1.807, 2.05) is 49.4 Å². The van der Waals surface area contributed by atoms with Gasteiger partial charge in [-0.15, -0.1) is 0 Å². The van der Waals surface area contributed by atoms with E-state index in [4.69, 9.17) is 0 Å². The highest BCUT2D eigenvalue weighted by Gasteiger charge is 2.12. The van der Waals surface area contributed by atoms with Gasteiger partial charge in [-0.3, -0.25) is 9.59 Å². The van der Waals surface area contributed by atoms with Crippen molar-refractivity contribution < 1.29 is 9.59 Å². The molecule has 0 spiro atoms. The third kappa shape index (κ3) is 3.49. The van der Waals surface area contributed by atoms with Crippen molar-refractivity contribution in [2.45, 2.75) is 6.92 Å². The molecule has 0 saturated heterocycles. The minimum atomic E-state index is -0.507. The molecule has 0 aliphatic rings. The smallest absolute Gasteiger partial charge is 0.232 e. The molecule has 0 aliphatic carbocycles. The topological polar surface area (TPSA) is 34.1 Å². The lowest BCUT2D eigenvalue weighted by atomic mass is 10.0. The lowest BCUT2D eigenvalue weighted by Crippen LogP contribution is -2.10. The van der Waals surface area contributed by atoms with Gasteiger partial charge in [0.05, 0.1) is 0 Å². The first-order chi connectivity index (χ1) is 9.16. The van der Waals surface area contributed by atoms with E-state index in [0.29, 0.717) is 5.56 Å². The van der Waals surface area contributed by atoms with Crippen LogP contribution in [0.15, 0.2) is 60.7 Å². The molecular weight excluding hydrogens is 236 g/mol. The quantitative estimate of drug-likeness (QED) is 0.473. The molecule has 0 fully saturated rings. The Morgan fingerprint density at radius 3 is 2.16 bits per heavy atom. The molecule has 2 aromatic carbocycles. The van der Waals surface area contributed by atoms with Crippen LogP contribution in [-0.4, -0.2) is 11.6 Å². The summed E-state index contributed by atoms with van der Waals surface area (Å²) in [5.74, 6) is -0.986. The van der Waals surface area contributed by atoms with Crippen molar-refractivity contribution in [2.75, 3.05) is 0 Å². The highest BCUT2D eigenvalue weighted by molar-refractivity contribution is 6.48. The molecule has 0 heterocycles. The van der Waals surface area contributed by atoms with E-state index in [0.717, 1.165) is 11.1 Å². The minimum absolute atomic E-state index is 0.424. The third-order valence-electron chi connectivity index (χ3n) is 2.76. The first-order valence-electron chi connectivity index (χ1n) is 6.05. The van der Waals surface area contributed by atoms with Gasteiger partial charge < -0.3 is 0 Å². The fraction of sp³-hybridized carbons (Fsp3) is 0.0588. The van der Waals surface area contributed by atoms with Gasteiger partial charge in [-0.1, -0.05) is 66.2 Å². The average Bonchev–Trinajstić information content (AvgIpc) is 2.46. The molecule has 2 rings (SSSR count). The Balaban J connectivity index is 2.10. The van der Waals surface area contributed by atoms with Crippen LogP contribution >= 0.6 is 0 Å². The molecule has 0 aromatic heterocycles. The van der Waals surface area contributed by atoms with Gasteiger partial charge in [0.1, 0.15) is 0 Å². The first kappa shape index (κ1) is 13.0. The Kier molecular flexibility index (Phi) is 4.04. The van der Waals surface area contributed by atoms with Crippen molar-refractivity contribution >= 4 is 17.6 Å². The highest BCUT2D eigenvalue weighted by Crippen LogP contribution is 2.06. The van der Waals surface area contributed by atoms with Crippen LogP contribution in [0.25, 0.3) is 6.08 Å². The van der Waals surface area contributed by atoms with Crippen molar-refractivity contribution in [2.24, 2.45) is 0 Å². The van der Waals surface area contributed by atoms with E-state index < -0.39 is 11.6 Å². The monoisotopic (exact) mass is 250 g/mol. The summed E-state index contributed by atoms with van der Waals surface area (Å²) in [5.41, 5.74) is 2.38. The van der Waals surface area contributed by atoms with Gasteiger partial charge in [0, 0.05) is 5.56 Å². The second-order valence-electron chi connectivity index (χ2n) is 4.30. The van der Waals surface area contributed by atoms with Gasteiger partial charge in [0.15, 0.2) is 0 Å². The Morgan fingerprint density at radius 1 is 0.895 bits per heavy atom. The van der Waals surface area contributed by atoms with E-state index in [1.54, 1.807) is 18.2 Å². The minimum Gasteiger partial charge on any atom is -0.286 e. The second kappa shape index (κ2) is 5.91. The fourth-order valence-corrected chi connectivity index (χ4v) is 1.66. The van der Waals surface area contributed by atoms with Gasteiger partial charge in [0.2, 0.25) is 11.6 Å². The number of aryl methyl sites for hydroxylation is 1. The number of rotatable bonds is 4. The molecule has 0 atom stereocenters. The predicted molar refractivity (Wildman–Crippen MR) is 76.0 cm³/mol. The molecule has 2 aromatic rings. The summed E-state index contributed by atoms with van der Waals surface area (Å²) >= 11 is 0. The fourth-order valence-electron chi connectivity index (χ4n) is 1.66. The lowest BCUT2D eigenvalue weighted by molar-refractivity contribution is -0.110. The van der Waals surface area contributed by atoms with Gasteiger partial charge >= 0.3 is 0 Å². The summed E-state index contributed by atoms with van der Waals surface area (Å²) in [6.45, 7) is 1.94. The number of hydrogen-bond donors (Lipinski definition) is 0. The van der Waals surface area contributed by atoms with E-state index in [1.165, 1.54) is 6.08 Å². The summed E-state index contributed by atoms with van der Waals surface area (Å²) in [6.07, 6.45) is 2.96. The Morgan fingerprint density at radius 2 is 1.53 bits per heavy atom. The number of carbonyl (C=O) groups is 2. The van der Waals surface area contributed by atoms with Gasteiger partial charge in [-0.05, 0) is 18.6 Å². The first-order valence-corrected chi connectivity index (χ1v) is 6.05. The summed E-state index contributed by atoms with van der Waals surface area (Å²) in [4.78, 5) is 23.6. The molecule has 2 heteroatoms. The zero-order valence-corrected chi connectivity index (χ0v) is 10.7. The summed E-state index contributed by atoms with van der Waals surface area (Å²) in [5, 5.41) is 0. The zero-order valence-electron chi connectivity index (χ0n) is 10.7. The third-order valence-corrected chi connectivity index (χ3v) is 2.76. The number of ketones is 2. The maximum Gasteiger partial charge on any atom is 0.232 e. The van der Waals surface area contributed by atoms with Crippen LogP contribution in [0.3, 0.4) is 0 Å². The number of benzene rings is 2. The standard InChI is InChI=1S/C17H14O2/c1-13-7-10-15(11-8-13)17(19)16(18)12-9-14-5-3-2-4-6-14/h2-12H,1H3. The average molecular weight is 250 g/mol. The molecule has 0 N–H and O–H groups in total. The summed E-state index contributed by atoms with van der Waals surface area (Å²) in [6, 6.07) is 16.4. The molecule has 0 saturated carbocycles. The molecule has 0 bridgehead atoms. The lowest BCUT2D eigenvalue weighted by Gasteiger charge is -1.98. The van der Waals surface area contributed by atoms with Crippen LogP contribution in [0.1, 0.15) is 21.5 Å². The Hall–Kier alpha value is -2.48. The van der Waals surface area contributed by atoms with Gasteiger partial charge in [-0.25, -0.2) is 0 Å². The Labute approximate surface area is 112 Å². The van der Waals surface area contributed by atoms with E-state index >= 15 is 0 Å². The van der Waals surface area contributed by atoms with E-state index in [9.17, 15) is 9.59 Å². The van der Waals surface area contributed by atoms with Crippen LogP contribution in [0.5, 0.6) is 0 Å². The van der Waals surface area contributed by atoms with Crippen LogP contribution < -0.4 is 0 Å². The number of carbonyl (C=O) groups excluding carboxylic acids is 2. The van der Waals surface area contributed by atoms with Crippen molar-refractivity contribution in [3.8, 4) is 0 Å². The van der Waals surface area contributed by atoms with Crippen molar-refractivity contribution in [3.63, 3.8) is 0 Å². The molecule has 2 nitrogen and oxygen atoms in total. The highest BCUT2D eigenvalue weighted by atomic mass is 16.2. The van der Waals surface area contributed by atoms with Gasteiger partial charge in [-0.2, -0.15) is 0 Å². The normalized spacial score (nSPS) is 10.6. The van der Waals surface area contributed by atoms with E-state index in [2.05, 4.69) is 0 Å². The van der Waals surface area contributed by atoms with Crippen LogP contribution in [0.2, 0.25) is 0 Å². The van der Waals surface area contributed by atoms with Crippen LogP contribution in [-0.2, 0) is 4.79 Å². The summed E-state index contributed by atoms with van der Waals surface area (Å²) < 4.78 is 0. The van der Waals surface area contributed by atoms with Crippen molar-refractivity contribution in [1.29, 1.82) is 0 Å². The van der Waals surface area contributed by atoms with Crippen LogP contribution in [0, 0.1) is 6.92 Å². The second-order valence-corrected chi connectivity index (χ2v) is 4.30. The maximum absolute atomic E-state index is 11.9. The predicted octanol–water partition coefficient (Wildman–Crippen LogP) is 3.46. The molecule has 0 radical (unpaired) electrons. The van der Waals surface area contributed by atoms with Crippen molar-refractivity contribution in [3.05, 3.63) is 77.4 Å². The largest absolute Gasteiger partial charge is 0.286 e. The van der Waals surface area contributed by atoms with Crippen LogP contribution in [0.4, 0.5) is 0 Å². The number of allylic oxidation sites excluding steroid dienone is 1. The summed E-state index contributed by atoms with van der Waals surface area (Å²) in [7, 11) is 0. The van der Waals surface area contributed by atoms with Gasteiger partial charge in [0.25, 0.3) is 0 Å². The maximum atomic E-state index is 11.9. The molecule has 0 aliphatic heterocycles. The number of Topliss-reactive ketones (excluding diaryl/α,β-unsaturated/α-hetero) is 1. The zero-order chi connectivity index (χ0) is 13.7.